The molecule has 1 fully saturated rings. The number of hydrogen-bond donors (Lipinski definition) is 1. The Labute approximate surface area is 120 Å². The van der Waals surface area contributed by atoms with Crippen LogP contribution in [0.25, 0.3) is 0 Å². The highest BCUT2D eigenvalue weighted by atomic mass is 16.6. The predicted octanol–water partition coefficient (Wildman–Crippen LogP) is 2.08. The van der Waals surface area contributed by atoms with E-state index in [0.717, 1.165) is 35.4 Å². The lowest BCUT2D eigenvalue weighted by molar-refractivity contribution is 0.122. The van der Waals surface area contributed by atoms with Gasteiger partial charge in [0.15, 0.2) is 11.5 Å². The van der Waals surface area contributed by atoms with Gasteiger partial charge in [0.25, 0.3) is 0 Å². The number of aliphatic hydroxyl groups is 1. The third kappa shape index (κ3) is 3.07. The van der Waals surface area contributed by atoms with Crippen molar-refractivity contribution in [3.63, 3.8) is 0 Å². The first kappa shape index (κ1) is 13.7. The monoisotopic (exact) mass is 277 g/mol. The maximum Gasteiger partial charge on any atom is 0.161 e. The minimum Gasteiger partial charge on any atom is -0.486 e. The maximum absolute atomic E-state index is 10.4. The summed E-state index contributed by atoms with van der Waals surface area (Å²) in [5.41, 5.74) is 0.893. The third-order valence-corrected chi connectivity index (χ3v) is 4.26. The van der Waals surface area contributed by atoms with Crippen LogP contribution in [0.1, 0.15) is 25.0 Å². The number of hydrogen-bond acceptors (Lipinski definition) is 4. The van der Waals surface area contributed by atoms with Crippen LogP contribution in [0.2, 0.25) is 0 Å². The molecule has 0 bridgehead atoms. The lowest BCUT2D eigenvalue weighted by Gasteiger charge is -2.23. The molecule has 1 heterocycles. The second-order valence-electron chi connectivity index (χ2n) is 6.11. The standard InChI is InChI=1S/C16H23NO3/c1-11-7-13(11)9-17(2)10-14(18)12-3-4-15-16(8-12)20-6-5-19-15/h3-4,8,11,13-14,18H,5-7,9-10H2,1-2H3. The topological polar surface area (TPSA) is 41.9 Å². The molecule has 20 heavy (non-hydrogen) atoms. The van der Waals surface area contributed by atoms with Gasteiger partial charge in [0.05, 0.1) is 6.10 Å². The summed E-state index contributed by atoms with van der Waals surface area (Å²) in [7, 11) is 2.08. The Kier molecular flexibility index (Phi) is 3.85. The van der Waals surface area contributed by atoms with Crippen molar-refractivity contribution in [1.29, 1.82) is 0 Å². The fraction of sp³-hybridized carbons (Fsp3) is 0.625. The lowest BCUT2D eigenvalue weighted by Crippen LogP contribution is -2.27. The second kappa shape index (κ2) is 5.62. The van der Waals surface area contributed by atoms with Crippen molar-refractivity contribution in [1.82, 2.24) is 4.90 Å². The van der Waals surface area contributed by atoms with E-state index >= 15 is 0 Å². The van der Waals surface area contributed by atoms with Gasteiger partial charge < -0.3 is 19.5 Å². The summed E-state index contributed by atoms with van der Waals surface area (Å²) in [4.78, 5) is 2.22. The largest absolute Gasteiger partial charge is 0.486 e. The molecular formula is C16H23NO3. The molecule has 2 aliphatic rings. The molecule has 1 N–H and O–H groups in total. The zero-order chi connectivity index (χ0) is 14.1. The number of ether oxygens (including phenoxy) is 2. The van der Waals surface area contributed by atoms with Crippen molar-refractivity contribution in [2.75, 3.05) is 33.4 Å². The normalized spacial score (nSPS) is 25.6. The van der Waals surface area contributed by atoms with E-state index in [1.54, 1.807) is 0 Å². The fourth-order valence-corrected chi connectivity index (χ4v) is 2.80. The fourth-order valence-electron chi connectivity index (χ4n) is 2.80. The maximum atomic E-state index is 10.4. The molecule has 0 saturated heterocycles. The van der Waals surface area contributed by atoms with Crippen molar-refractivity contribution in [3.8, 4) is 11.5 Å². The van der Waals surface area contributed by atoms with E-state index < -0.39 is 6.10 Å². The van der Waals surface area contributed by atoms with E-state index in [-0.39, 0.29) is 0 Å². The highest BCUT2D eigenvalue weighted by Crippen LogP contribution is 2.38. The zero-order valence-corrected chi connectivity index (χ0v) is 12.2. The van der Waals surface area contributed by atoms with Crippen LogP contribution >= 0.6 is 0 Å². The summed E-state index contributed by atoms with van der Waals surface area (Å²) >= 11 is 0. The van der Waals surface area contributed by atoms with Gasteiger partial charge in [-0.15, -0.1) is 0 Å². The number of nitrogens with zero attached hydrogens (tertiary/aromatic N) is 1. The van der Waals surface area contributed by atoms with Crippen molar-refractivity contribution in [2.24, 2.45) is 11.8 Å². The first-order valence-electron chi connectivity index (χ1n) is 7.39. The molecule has 3 unspecified atom stereocenters. The van der Waals surface area contributed by atoms with Crippen LogP contribution in [-0.2, 0) is 0 Å². The molecule has 0 aromatic heterocycles. The summed E-state index contributed by atoms with van der Waals surface area (Å²) in [6.45, 7) is 5.19. The van der Waals surface area contributed by atoms with Crippen LogP contribution < -0.4 is 9.47 Å². The third-order valence-electron chi connectivity index (χ3n) is 4.26. The van der Waals surface area contributed by atoms with E-state index in [0.29, 0.717) is 19.8 Å². The highest BCUT2D eigenvalue weighted by Gasteiger charge is 2.33. The molecule has 3 atom stereocenters. The Bertz CT molecular complexity index is 477. The van der Waals surface area contributed by atoms with Crippen LogP contribution in [0, 0.1) is 11.8 Å². The Morgan fingerprint density at radius 1 is 1.30 bits per heavy atom. The van der Waals surface area contributed by atoms with Crippen molar-refractivity contribution in [3.05, 3.63) is 23.8 Å². The Morgan fingerprint density at radius 2 is 2.00 bits per heavy atom. The number of likely N-dealkylation sites (N-methyl/N-ethyl adjacent to an activating group) is 1. The van der Waals surface area contributed by atoms with Crippen LogP contribution in [-0.4, -0.2) is 43.4 Å². The van der Waals surface area contributed by atoms with Gasteiger partial charge in [0.2, 0.25) is 0 Å². The number of aliphatic hydroxyl groups excluding tert-OH is 1. The molecule has 110 valence electrons. The second-order valence-corrected chi connectivity index (χ2v) is 6.11. The molecule has 1 saturated carbocycles. The van der Waals surface area contributed by atoms with Crippen LogP contribution in [0.3, 0.4) is 0 Å². The number of rotatable bonds is 5. The van der Waals surface area contributed by atoms with Crippen LogP contribution in [0.5, 0.6) is 11.5 Å². The molecule has 1 aliphatic carbocycles. The minimum atomic E-state index is -0.482. The van der Waals surface area contributed by atoms with E-state index in [4.69, 9.17) is 9.47 Å². The van der Waals surface area contributed by atoms with E-state index in [9.17, 15) is 5.11 Å². The summed E-state index contributed by atoms with van der Waals surface area (Å²) in [5.74, 6) is 3.18. The Hall–Kier alpha value is -1.26. The SMILES string of the molecule is CC1CC1CN(C)CC(O)c1ccc2c(c1)OCCO2. The summed E-state index contributed by atoms with van der Waals surface area (Å²) in [6.07, 6.45) is 0.842. The van der Waals surface area contributed by atoms with Gasteiger partial charge in [-0.2, -0.15) is 0 Å². The molecule has 1 aliphatic heterocycles. The van der Waals surface area contributed by atoms with Gasteiger partial charge in [-0.1, -0.05) is 13.0 Å². The molecule has 4 nitrogen and oxygen atoms in total. The van der Waals surface area contributed by atoms with Gasteiger partial charge in [-0.3, -0.25) is 0 Å². The highest BCUT2D eigenvalue weighted by molar-refractivity contribution is 5.44. The minimum absolute atomic E-state index is 0.482. The molecule has 1 aromatic carbocycles. The average molecular weight is 277 g/mol. The average Bonchev–Trinajstić information content (AvgIpc) is 3.13. The summed E-state index contributed by atoms with van der Waals surface area (Å²) < 4.78 is 11.1. The lowest BCUT2D eigenvalue weighted by atomic mass is 10.1. The smallest absolute Gasteiger partial charge is 0.161 e. The Balaban J connectivity index is 1.60. The molecule has 0 spiro atoms. The number of fused-ring (bicyclic) bond motifs is 1. The number of benzene rings is 1. The first-order chi connectivity index (χ1) is 9.63. The predicted molar refractivity (Wildman–Crippen MR) is 77.2 cm³/mol. The molecule has 0 radical (unpaired) electrons. The molecular weight excluding hydrogens is 254 g/mol. The molecule has 3 rings (SSSR count). The quantitative estimate of drug-likeness (QED) is 0.895. The van der Waals surface area contributed by atoms with E-state index in [1.807, 2.05) is 18.2 Å². The van der Waals surface area contributed by atoms with Crippen molar-refractivity contribution in [2.45, 2.75) is 19.4 Å². The summed E-state index contributed by atoms with van der Waals surface area (Å²) in [6, 6.07) is 5.70. The molecule has 0 amide bonds. The van der Waals surface area contributed by atoms with Gasteiger partial charge >= 0.3 is 0 Å². The van der Waals surface area contributed by atoms with Gasteiger partial charge in [0, 0.05) is 13.1 Å². The first-order valence-corrected chi connectivity index (χ1v) is 7.39. The van der Waals surface area contributed by atoms with Crippen molar-refractivity contribution < 1.29 is 14.6 Å². The summed E-state index contributed by atoms with van der Waals surface area (Å²) in [5, 5.41) is 10.4. The van der Waals surface area contributed by atoms with E-state index in [1.165, 1.54) is 6.42 Å². The molecule has 4 heteroatoms. The van der Waals surface area contributed by atoms with Gasteiger partial charge in [-0.05, 0) is 43.0 Å². The molecule has 1 aromatic rings. The van der Waals surface area contributed by atoms with Crippen molar-refractivity contribution >= 4 is 0 Å². The van der Waals surface area contributed by atoms with Crippen LogP contribution in [0.15, 0.2) is 18.2 Å². The zero-order valence-electron chi connectivity index (χ0n) is 12.2. The van der Waals surface area contributed by atoms with Gasteiger partial charge in [0.1, 0.15) is 13.2 Å². The Morgan fingerprint density at radius 3 is 2.70 bits per heavy atom. The van der Waals surface area contributed by atoms with E-state index in [2.05, 4.69) is 18.9 Å². The van der Waals surface area contributed by atoms with Gasteiger partial charge in [-0.25, -0.2) is 0 Å². The van der Waals surface area contributed by atoms with Crippen LogP contribution in [0.4, 0.5) is 0 Å².